The zero-order valence-corrected chi connectivity index (χ0v) is 31.3. The van der Waals surface area contributed by atoms with Crippen molar-refractivity contribution in [3.8, 4) is 0 Å². The summed E-state index contributed by atoms with van der Waals surface area (Å²) in [4.78, 5) is 0. The van der Waals surface area contributed by atoms with Gasteiger partial charge in [0.25, 0.3) is 0 Å². The first-order valence-corrected chi connectivity index (χ1v) is 21.2. The first-order chi connectivity index (χ1) is 21.2. The predicted octanol–water partition coefficient (Wildman–Crippen LogP) is 16.7. The van der Waals surface area contributed by atoms with Crippen LogP contribution in [0.3, 0.4) is 0 Å². The zero-order valence-electron chi connectivity index (χ0n) is 31.3. The van der Waals surface area contributed by atoms with Gasteiger partial charge in [0.2, 0.25) is 0 Å². The maximum absolute atomic E-state index is 2.52. The van der Waals surface area contributed by atoms with E-state index in [1.165, 1.54) is 238 Å². The minimum atomic E-state index is 0.953. The van der Waals surface area contributed by atoms with Crippen molar-refractivity contribution in [1.82, 2.24) is 0 Å². The van der Waals surface area contributed by atoms with E-state index in [0.29, 0.717) is 0 Å². The third-order valence-corrected chi connectivity index (χ3v) is 10.5. The summed E-state index contributed by atoms with van der Waals surface area (Å²) in [6.45, 7) is 9.66. The Bertz CT molecular complexity index is 467. The van der Waals surface area contributed by atoms with Crippen molar-refractivity contribution >= 4 is 0 Å². The quantitative estimate of drug-likeness (QED) is 0.0615. The van der Waals surface area contributed by atoms with Crippen molar-refractivity contribution in [2.24, 2.45) is 11.8 Å². The highest BCUT2D eigenvalue weighted by Crippen LogP contribution is 2.22. The molecule has 0 rings (SSSR count). The van der Waals surface area contributed by atoms with E-state index in [1.807, 2.05) is 0 Å². The van der Waals surface area contributed by atoms with Gasteiger partial charge in [0.15, 0.2) is 0 Å². The molecule has 0 aliphatic rings. The van der Waals surface area contributed by atoms with Crippen LogP contribution in [0.25, 0.3) is 0 Å². The first-order valence-electron chi connectivity index (χ1n) is 21.2. The Labute approximate surface area is 276 Å². The molecular weight excluding hydrogens is 516 g/mol. The Balaban J connectivity index is 3.24. The molecule has 0 fully saturated rings. The van der Waals surface area contributed by atoms with E-state index in [2.05, 4.69) is 27.7 Å². The summed E-state index contributed by atoms with van der Waals surface area (Å²) in [5.74, 6) is 1.91. The van der Waals surface area contributed by atoms with Gasteiger partial charge in [-0.05, 0) is 11.8 Å². The second-order valence-corrected chi connectivity index (χ2v) is 15.3. The third kappa shape index (κ3) is 38.1. The standard InChI is InChI=1S/C43H88/c1-5-7-9-11-13-15-17-19-21-22-23-24-26-28-30-32-34-36-39-43(4)41-37-40-42(3)38-35-33-31-29-27-25-20-18-16-14-12-10-8-6-2/h42-43H,5-41H2,1-4H3. The van der Waals surface area contributed by atoms with E-state index in [9.17, 15) is 0 Å². The first kappa shape index (κ1) is 43.0. The van der Waals surface area contributed by atoms with Crippen LogP contribution in [0.4, 0.5) is 0 Å². The largest absolute Gasteiger partial charge is 0.0654 e. The molecule has 0 aliphatic carbocycles. The van der Waals surface area contributed by atoms with Crippen LogP contribution in [0, 0.1) is 11.8 Å². The van der Waals surface area contributed by atoms with E-state index < -0.39 is 0 Å². The number of unbranched alkanes of at least 4 members (excludes halogenated alkanes) is 30. The van der Waals surface area contributed by atoms with Crippen molar-refractivity contribution in [2.45, 2.75) is 265 Å². The van der Waals surface area contributed by atoms with Gasteiger partial charge >= 0.3 is 0 Å². The van der Waals surface area contributed by atoms with Gasteiger partial charge in [-0.3, -0.25) is 0 Å². The van der Waals surface area contributed by atoms with Gasteiger partial charge in [-0.1, -0.05) is 265 Å². The van der Waals surface area contributed by atoms with Gasteiger partial charge in [-0.25, -0.2) is 0 Å². The van der Waals surface area contributed by atoms with Crippen molar-refractivity contribution in [1.29, 1.82) is 0 Å². The summed E-state index contributed by atoms with van der Waals surface area (Å²) >= 11 is 0. The fourth-order valence-corrected chi connectivity index (χ4v) is 7.19. The molecule has 0 bridgehead atoms. The fourth-order valence-electron chi connectivity index (χ4n) is 7.19. The van der Waals surface area contributed by atoms with Crippen LogP contribution in [-0.2, 0) is 0 Å². The van der Waals surface area contributed by atoms with E-state index >= 15 is 0 Å². The molecule has 260 valence electrons. The van der Waals surface area contributed by atoms with Crippen LogP contribution < -0.4 is 0 Å². The Morgan fingerprint density at radius 3 is 0.581 bits per heavy atom. The number of hydrogen-bond acceptors (Lipinski definition) is 0. The smallest absolute Gasteiger partial charge is 0.0443 e. The molecule has 0 N–H and O–H groups in total. The molecule has 0 amide bonds. The Hall–Kier alpha value is 0. The molecule has 43 heavy (non-hydrogen) atoms. The summed E-state index contributed by atoms with van der Waals surface area (Å²) in [5, 5.41) is 0. The zero-order chi connectivity index (χ0) is 31.3. The van der Waals surface area contributed by atoms with Gasteiger partial charge in [-0.15, -0.1) is 0 Å². The summed E-state index contributed by atoms with van der Waals surface area (Å²) in [6.07, 6.45) is 54.6. The maximum atomic E-state index is 2.52. The molecule has 0 aliphatic heterocycles. The van der Waals surface area contributed by atoms with Gasteiger partial charge < -0.3 is 0 Å². The normalized spacial score (nSPS) is 13.1. The van der Waals surface area contributed by atoms with Gasteiger partial charge in [0.05, 0.1) is 0 Å². The summed E-state index contributed by atoms with van der Waals surface area (Å²) in [6, 6.07) is 0. The Kier molecular flexibility index (Phi) is 38.2. The lowest BCUT2D eigenvalue weighted by atomic mass is 9.92. The molecule has 0 saturated heterocycles. The van der Waals surface area contributed by atoms with Crippen molar-refractivity contribution in [2.75, 3.05) is 0 Å². The minimum absolute atomic E-state index is 0.953. The fraction of sp³-hybridized carbons (Fsp3) is 1.00. The van der Waals surface area contributed by atoms with Crippen LogP contribution in [0.15, 0.2) is 0 Å². The SMILES string of the molecule is CCCCCCCCCCCCCCCCCCCCC(C)CCCC(C)CCCCCCCCCCCCCCCC. The van der Waals surface area contributed by atoms with E-state index in [-0.39, 0.29) is 0 Å². The molecule has 0 heteroatoms. The molecule has 0 saturated carbocycles. The second-order valence-electron chi connectivity index (χ2n) is 15.3. The Morgan fingerprint density at radius 2 is 0.372 bits per heavy atom. The lowest BCUT2D eigenvalue weighted by Crippen LogP contribution is -1.99. The van der Waals surface area contributed by atoms with Crippen LogP contribution in [-0.4, -0.2) is 0 Å². The average molecular weight is 605 g/mol. The third-order valence-electron chi connectivity index (χ3n) is 10.5. The van der Waals surface area contributed by atoms with Crippen molar-refractivity contribution in [3.05, 3.63) is 0 Å². The number of rotatable bonds is 38. The molecule has 0 aromatic rings. The van der Waals surface area contributed by atoms with Crippen molar-refractivity contribution < 1.29 is 0 Å². The predicted molar refractivity (Wildman–Crippen MR) is 201 cm³/mol. The molecule has 0 spiro atoms. The topological polar surface area (TPSA) is 0 Å². The average Bonchev–Trinajstić information content (AvgIpc) is 3.00. The molecule has 0 aromatic carbocycles. The van der Waals surface area contributed by atoms with E-state index in [4.69, 9.17) is 0 Å². The van der Waals surface area contributed by atoms with Crippen LogP contribution in [0.1, 0.15) is 265 Å². The molecule has 0 radical (unpaired) electrons. The van der Waals surface area contributed by atoms with Crippen LogP contribution in [0.2, 0.25) is 0 Å². The highest BCUT2D eigenvalue weighted by atomic mass is 14.1. The summed E-state index contributed by atoms with van der Waals surface area (Å²) in [7, 11) is 0. The monoisotopic (exact) mass is 605 g/mol. The highest BCUT2D eigenvalue weighted by molar-refractivity contribution is 4.60. The molecule has 2 unspecified atom stereocenters. The van der Waals surface area contributed by atoms with E-state index in [0.717, 1.165) is 11.8 Å². The summed E-state index contributed by atoms with van der Waals surface area (Å²) < 4.78 is 0. The molecule has 0 nitrogen and oxygen atoms in total. The van der Waals surface area contributed by atoms with Gasteiger partial charge in [-0.2, -0.15) is 0 Å². The maximum Gasteiger partial charge on any atom is -0.0443 e. The minimum Gasteiger partial charge on any atom is -0.0654 e. The molecule has 0 heterocycles. The van der Waals surface area contributed by atoms with Gasteiger partial charge in [0, 0.05) is 0 Å². The van der Waals surface area contributed by atoms with Gasteiger partial charge in [0.1, 0.15) is 0 Å². The highest BCUT2D eigenvalue weighted by Gasteiger charge is 2.06. The lowest BCUT2D eigenvalue weighted by molar-refractivity contribution is 0.390. The van der Waals surface area contributed by atoms with E-state index in [1.54, 1.807) is 0 Å². The van der Waals surface area contributed by atoms with Crippen LogP contribution in [0.5, 0.6) is 0 Å². The molecule has 2 atom stereocenters. The molecular formula is C43H88. The Morgan fingerprint density at radius 1 is 0.209 bits per heavy atom. The van der Waals surface area contributed by atoms with Crippen molar-refractivity contribution in [3.63, 3.8) is 0 Å². The molecule has 0 aromatic heterocycles. The summed E-state index contributed by atoms with van der Waals surface area (Å²) in [5.41, 5.74) is 0. The second kappa shape index (κ2) is 38.2. The van der Waals surface area contributed by atoms with Crippen LogP contribution >= 0.6 is 0 Å². The lowest BCUT2D eigenvalue weighted by Gasteiger charge is -2.14. The number of hydrogen-bond donors (Lipinski definition) is 0.